The van der Waals surface area contributed by atoms with Crippen molar-refractivity contribution in [2.24, 2.45) is 4.99 Å². The maximum Gasteiger partial charge on any atom is 0.259 e. The number of hydrogen-bond donors (Lipinski definition) is 0. The topological polar surface area (TPSA) is 39.2 Å². The molecule has 3 heterocycles. The van der Waals surface area contributed by atoms with E-state index in [0.717, 1.165) is 61.1 Å². The number of fused-ring (bicyclic) bond motifs is 2. The zero-order chi connectivity index (χ0) is 20.5. The molecule has 0 saturated heterocycles. The molecule has 0 N–H and O–H groups in total. The Bertz CT molecular complexity index is 1020. The fourth-order valence-corrected chi connectivity index (χ4v) is 4.78. The summed E-state index contributed by atoms with van der Waals surface area (Å²) in [5, 5.41) is 0.751. The molecule has 6 heteroatoms. The minimum absolute atomic E-state index is 0.0987. The van der Waals surface area contributed by atoms with E-state index < -0.39 is 0 Å². The number of carbonyl (C=O) groups is 1. The van der Waals surface area contributed by atoms with Crippen molar-refractivity contribution < 1.29 is 4.79 Å². The Labute approximate surface area is 182 Å². The number of halogens is 1. The molecule has 0 unspecified atom stereocenters. The molecule has 0 bridgehead atoms. The van der Waals surface area contributed by atoms with E-state index >= 15 is 0 Å². The van der Waals surface area contributed by atoms with E-state index in [0.29, 0.717) is 13.1 Å². The summed E-state index contributed by atoms with van der Waals surface area (Å²) < 4.78 is 0. The van der Waals surface area contributed by atoms with Crippen LogP contribution in [0.1, 0.15) is 24.0 Å². The van der Waals surface area contributed by atoms with Crippen LogP contribution in [-0.2, 0) is 17.9 Å². The van der Waals surface area contributed by atoms with Crippen molar-refractivity contribution in [1.29, 1.82) is 0 Å². The Morgan fingerprint density at radius 2 is 1.80 bits per heavy atom. The molecule has 2 aromatic carbocycles. The summed E-state index contributed by atoms with van der Waals surface area (Å²) in [6.07, 6.45) is 1.90. The van der Waals surface area contributed by atoms with Crippen molar-refractivity contribution >= 4 is 23.5 Å². The van der Waals surface area contributed by atoms with Crippen LogP contribution in [0.5, 0.6) is 0 Å². The van der Waals surface area contributed by atoms with Gasteiger partial charge in [0.25, 0.3) is 5.91 Å². The fraction of sp³-hybridized carbons (Fsp3) is 0.333. The number of rotatable bonds is 4. The Morgan fingerprint density at radius 1 is 0.967 bits per heavy atom. The van der Waals surface area contributed by atoms with Gasteiger partial charge in [0.2, 0.25) is 5.96 Å². The highest BCUT2D eigenvalue weighted by molar-refractivity contribution is 6.30. The normalized spacial score (nSPS) is 19.5. The molecule has 3 aliphatic rings. The zero-order valence-electron chi connectivity index (χ0n) is 16.9. The van der Waals surface area contributed by atoms with E-state index in [9.17, 15) is 4.79 Å². The van der Waals surface area contributed by atoms with Gasteiger partial charge in [-0.15, -0.1) is 0 Å². The summed E-state index contributed by atoms with van der Waals surface area (Å²) in [6.45, 7) is 4.67. The summed E-state index contributed by atoms with van der Waals surface area (Å²) in [7, 11) is 0. The van der Waals surface area contributed by atoms with E-state index in [1.807, 2.05) is 41.3 Å². The first kappa shape index (κ1) is 19.3. The average Bonchev–Trinajstić information content (AvgIpc) is 2.77. The van der Waals surface area contributed by atoms with E-state index in [-0.39, 0.29) is 5.91 Å². The van der Waals surface area contributed by atoms with Gasteiger partial charge in [-0.1, -0.05) is 54.1 Å². The molecule has 0 saturated carbocycles. The van der Waals surface area contributed by atoms with Crippen molar-refractivity contribution in [3.8, 4) is 0 Å². The number of benzene rings is 2. The summed E-state index contributed by atoms with van der Waals surface area (Å²) in [5.41, 5.74) is 4.39. The SMILES string of the molecule is O=C1C2=C(CCN(Cc3cccc(Cl)c3)C2)N2CCCN=C2N1Cc1ccccc1. The maximum atomic E-state index is 13.6. The monoisotopic (exact) mass is 420 g/mol. The molecule has 0 radical (unpaired) electrons. The number of nitrogens with zero attached hydrogens (tertiary/aromatic N) is 4. The molecule has 154 valence electrons. The molecular weight excluding hydrogens is 396 g/mol. The van der Waals surface area contributed by atoms with Gasteiger partial charge < -0.3 is 4.90 Å². The number of aliphatic imine (C=N–C) groups is 1. The highest BCUT2D eigenvalue weighted by atomic mass is 35.5. The van der Waals surface area contributed by atoms with Gasteiger partial charge in [0.1, 0.15) is 0 Å². The largest absolute Gasteiger partial charge is 0.315 e. The first-order valence-electron chi connectivity index (χ1n) is 10.6. The molecule has 5 rings (SSSR count). The first-order valence-corrected chi connectivity index (χ1v) is 10.9. The lowest BCUT2D eigenvalue weighted by Crippen LogP contribution is -2.56. The van der Waals surface area contributed by atoms with Crippen molar-refractivity contribution in [1.82, 2.24) is 14.7 Å². The lowest BCUT2D eigenvalue weighted by atomic mass is 9.99. The number of amides is 1. The third kappa shape index (κ3) is 3.75. The van der Waals surface area contributed by atoms with Gasteiger partial charge in [0, 0.05) is 49.9 Å². The van der Waals surface area contributed by atoms with Crippen molar-refractivity contribution in [2.75, 3.05) is 26.2 Å². The molecule has 0 fully saturated rings. The number of carbonyl (C=O) groups excluding carboxylic acids is 1. The van der Waals surface area contributed by atoms with Crippen molar-refractivity contribution in [2.45, 2.75) is 25.9 Å². The van der Waals surface area contributed by atoms with Crippen LogP contribution in [0.4, 0.5) is 0 Å². The minimum atomic E-state index is 0.0987. The molecule has 30 heavy (non-hydrogen) atoms. The van der Waals surface area contributed by atoms with Gasteiger partial charge in [-0.05, 0) is 29.7 Å². The zero-order valence-corrected chi connectivity index (χ0v) is 17.7. The fourth-order valence-electron chi connectivity index (χ4n) is 4.57. The van der Waals surface area contributed by atoms with Crippen LogP contribution < -0.4 is 0 Å². The van der Waals surface area contributed by atoms with E-state index in [1.54, 1.807) is 0 Å². The van der Waals surface area contributed by atoms with E-state index in [4.69, 9.17) is 16.6 Å². The average molecular weight is 421 g/mol. The third-order valence-electron chi connectivity index (χ3n) is 5.98. The summed E-state index contributed by atoms with van der Waals surface area (Å²) in [4.78, 5) is 24.8. The predicted octanol–water partition coefficient (Wildman–Crippen LogP) is 3.90. The number of guanidine groups is 1. The van der Waals surface area contributed by atoms with Gasteiger partial charge in [0.05, 0.1) is 12.1 Å². The van der Waals surface area contributed by atoms with Crippen LogP contribution in [0.2, 0.25) is 5.02 Å². The van der Waals surface area contributed by atoms with Crippen LogP contribution in [0.25, 0.3) is 0 Å². The van der Waals surface area contributed by atoms with Crippen molar-refractivity contribution in [3.05, 3.63) is 82.0 Å². The van der Waals surface area contributed by atoms with Crippen molar-refractivity contribution in [3.63, 3.8) is 0 Å². The second-order valence-electron chi connectivity index (χ2n) is 8.08. The molecule has 0 spiro atoms. The molecule has 0 aliphatic carbocycles. The molecule has 1 amide bonds. The molecular formula is C24H25ClN4O. The van der Waals surface area contributed by atoms with E-state index in [2.05, 4.69) is 28.0 Å². The minimum Gasteiger partial charge on any atom is -0.315 e. The highest BCUT2D eigenvalue weighted by Gasteiger charge is 2.40. The Hall–Kier alpha value is -2.63. The maximum absolute atomic E-state index is 13.6. The Kier molecular flexibility index (Phi) is 5.32. The summed E-state index contributed by atoms with van der Waals surface area (Å²) in [5.74, 6) is 0.929. The van der Waals surface area contributed by atoms with Gasteiger partial charge in [-0.2, -0.15) is 0 Å². The first-order chi connectivity index (χ1) is 14.7. The highest BCUT2D eigenvalue weighted by Crippen LogP contribution is 2.32. The van der Waals surface area contributed by atoms with Crippen LogP contribution in [0, 0.1) is 0 Å². The predicted molar refractivity (Wildman–Crippen MR) is 119 cm³/mol. The van der Waals surface area contributed by atoms with Gasteiger partial charge >= 0.3 is 0 Å². The smallest absolute Gasteiger partial charge is 0.259 e. The molecule has 3 aliphatic heterocycles. The summed E-state index contributed by atoms with van der Waals surface area (Å²) >= 11 is 6.16. The van der Waals surface area contributed by atoms with Crippen LogP contribution >= 0.6 is 11.6 Å². The lowest BCUT2D eigenvalue weighted by molar-refractivity contribution is -0.125. The van der Waals surface area contributed by atoms with Gasteiger partial charge in [-0.25, -0.2) is 0 Å². The second kappa shape index (κ2) is 8.25. The Morgan fingerprint density at radius 3 is 2.63 bits per heavy atom. The Balaban J connectivity index is 1.42. The van der Waals surface area contributed by atoms with Crippen LogP contribution in [0.3, 0.4) is 0 Å². The quantitative estimate of drug-likeness (QED) is 0.752. The molecule has 2 aromatic rings. The molecule has 0 atom stereocenters. The third-order valence-corrected chi connectivity index (χ3v) is 6.21. The van der Waals surface area contributed by atoms with Gasteiger partial charge in [-0.3, -0.25) is 19.6 Å². The van der Waals surface area contributed by atoms with E-state index in [1.165, 1.54) is 11.3 Å². The number of hydrogen-bond acceptors (Lipinski definition) is 4. The second-order valence-corrected chi connectivity index (χ2v) is 8.52. The summed E-state index contributed by atoms with van der Waals surface area (Å²) in [6, 6.07) is 18.1. The van der Waals surface area contributed by atoms with Crippen LogP contribution in [-0.4, -0.2) is 52.7 Å². The van der Waals surface area contributed by atoms with Gasteiger partial charge in [0.15, 0.2) is 0 Å². The lowest BCUT2D eigenvalue weighted by Gasteiger charge is -2.45. The molecule has 0 aromatic heterocycles. The molecule has 5 nitrogen and oxygen atoms in total. The van der Waals surface area contributed by atoms with Crippen LogP contribution in [0.15, 0.2) is 70.9 Å². The standard InChI is InChI=1S/C24H25ClN4O/c25-20-9-4-8-19(14-20)15-27-13-10-22-21(17-27)23(30)29(16-18-6-2-1-3-7-18)24-26-11-5-12-28(22)24/h1-4,6-9,14H,5,10-13,15-17H2.